The third-order valence-electron chi connectivity index (χ3n) is 1.50. The van der Waals surface area contributed by atoms with Gasteiger partial charge in [-0.3, -0.25) is 4.79 Å². The van der Waals surface area contributed by atoms with Crippen molar-refractivity contribution in [2.24, 2.45) is 5.73 Å². The molecule has 0 aliphatic carbocycles. The normalized spacial score (nSPS) is 9.77. The van der Waals surface area contributed by atoms with Gasteiger partial charge in [-0.05, 0) is 12.1 Å². The number of carbonyl (C=O) groups is 1. The molecule has 0 atom stereocenters. The van der Waals surface area contributed by atoms with E-state index in [0.29, 0.717) is 0 Å². The van der Waals surface area contributed by atoms with Crippen LogP contribution in [0.25, 0.3) is 0 Å². The highest BCUT2D eigenvalue weighted by Crippen LogP contribution is 2.26. The fourth-order valence-corrected chi connectivity index (χ4v) is 1.07. The lowest BCUT2D eigenvalue weighted by Gasteiger charge is -2.04. The molecule has 1 rings (SSSR count). The number of hydrogen-bond donors (Lipinski definition) is 1. The first-order valence-corrected chi connectivity index (χ1v) is 3.77. The molecule has 0 unspecified atom stereocenters. The van der Waals surface area contributed by atoms with Crippen molar-refractivity contribution < 1.29 is 13.9 Å². The standard InChI is InChI=1S/C8H7ClFNO2/c1-13-6-3-4(8(11)12)2-5(9)7(6)10/h2-3H,1H3,(H2,11,12). The first-order valence-electron chi connectivity index (χ1n) is 3.39. The number of methoxy groups -OCH3 is 1. The van der Waals surface area contributed by atoms with Crippen LogP contribution in [0.15, 0.2) is 12.1 Å². The number of ether oxygens (including phenoxy) is 1. The lowest BCUT2D eigenvalue weighted by molar-refractivity contribution is 0.1000. The van der Waals surface area contributed by atoms with E-state index in [1.807, 2.05) is 0 Å². The monoisotopic (exact) mass is 203 g/mol. The van der Waals surface area contributed by atoms with Gasteiger partial charge in [0.05, 0.1) is 12.1 Å². The van der Waals surface area contributed by atoms with Gasteiger partial charge in [-0.1, -0.05) is 11.6 Å². The fourth-order valence-electron chi connectivity index (χ4n) is 0.855. The molecule has 2 N–H and O–H groups in total. The second-order valence-electron chi connectivity index (χ2n) is 2.34. The maximum absolute atomic E-state index is 13.0. The first kappa shape index (κ1) is 9.80. The second-order valence-corrected chi connectivity index (χ2v) is 2.75. The minimum atomic E-state index is -0.700. The van der Waals surface area contributed by atoms with Crippen molar-refractivity contribution in [3.05, 3.63) is 28.5 Å². The fraction of sp³-hybridized carbons (Fsp3) is 0.125. The topological polar surface area (TPSA) is 52.3 Å². The van der Waals surface area contributed by atoms with E-state index in [1.165, 1.54) is 13.2 Å². The second kappa shape index (κ2) is 3.62. The van der Waals surface area contributed by atoms with Gasteiger partial charge in [0, 0.05) is 5.56 Å². The zero-order valence-corrected chi connectivity index (χ0v) is 7.56. The van der Waals surface area contributed by atoms with Crippen LogP contribution in [0.5, 0.6) is 5.75 Å². The molecule has 0 bridgehead atoms. The predicted molar refractivity (Wildman–Crippen MR) is 46.5 cm³/mol. The number of carbonyl (C=O) groups excluding carboxylic acids is 1. The molecule has 0 aliphatic rings. The van der Waals surface area contributed by atoms with Gasteiger partial charge < -0.3 is 10.5 Å². The molecule has 13 heavy (non-hydrogen) atoms. The zero-order valence-electron chi connectivity index (χ0n) is 6.80. The maximum Gasteiger partial charge on any atom is 0.248 e. The summed E-state index contributed by atoms with van der Waals surface area (Å²) >= 11 is 5.48. The summed E-state index contributed by atoms with van der Waals surface area (Å²) in [5.74, 6) is -1.48. The van der Waals surface area contributed by atoms with E-state index < -0.39 is 11.7 Å². The number of hydrogen-bond acceptors (Lipinski definition) is 2. The van der Waals surface area contributed by atoms with E-state index in [9.17, 15) is 9.18 Å². The molecule has 0 radical (unpaired) electrons. The van der Waals surface area contributed by atoms with Crippen molar-refractivity contribution in [1.29, 1.82) is 0 Å². The summed E-state index contributed by atoms with van der Waals surface area (Å²) in [4.78, 5) is 10.7. The average molecular weight is 204 g/mol. The van der Waals surface area contributed by atoms with Crippen molar-refractivity contribution in [2.75, 3.05) is 7.11 Å². The van der Waals surface area contributed by atoms with Gasteiger partial charge in [-0.15, -0.1) is 0 Å². The molecule has 0 heterocycles. The molecule has 1 amide bonds. The molecule has 0 saturated heterocycles. The van der Waals surface area contributed by atoms with Crippen molar-refractivity contribution >= 4 is 17.5 Å². The van der Waals surface area contributed by atoms with Crippen LogP contribution in [-0.2, 0) is 0 Å². The zero-order chi connectivity index (χ0) is 10.0. The van der Waals surface area contributed by atoms with Gasteiger partial charge in [0.1, 0.15) is 0 Å². The molecular weight excluding hydrogens is 197 g/mol. The number of nitrogens with two attached hydrogens (primary N) is 1. The molecule has 0 spiro atoms. The Morgan fingerprint density at radius 2 is 2.23 bits per heavy atom. The van der Waals surface area contributed by atoms with Crippen LogP contribution in [0.2, 0.25) is 5.02 Å². The highest BCUT2D eigenvalue weighted by atomic mass is 35.5. The Bertz CT molecular complexity index is 354. The third-order valence-corrected chi connectivity index (χ3v) is 1.77. The van der Waals surface area contributed by atoms with Crippen molar-refractivity contribution in [1.82, 2.24) is 0 Å². The highest BCUT2D eigenvalue weighted by Gasteiger charge is 2.11. The molecule has 1 aromatic carbocycles. The molecule has 3 nitrogen and oxygen atoms in total. The van der Waals surface area contributed by atoms with Crippen LogP contribution in [0, 0.1) is 5.82 Å². The summed E-state index contributed by atoms with van der Waals surface area (Å²) in [7, 11) is 1.28. The van der Waals surface area contributed by atoms with E-state index >= 15 is 0 Å². The third kappa shape index (κ3) is 1.89. The first-order chi connectivity index (χ1) is 6.06. The van der Waals surface area contributed by atoms with Gasteiger partial charge >= 0.3 is 0 Å². The van der Waals surface area contributed by atoms with Crippen LogP contribution in [0.3, 0.4) is 0 Å². The summed E-state index contributed by atoms with van der Waals surface area (Å²) in [5.41, 5.74) is 5.09. The Balaban J connectivity index is 3.30. The van der Waals surface area contributed by atoms with Crippen LogP contribution >= 0.6 is 11.6 Å². The molecule has 5 heteroatoms. The molecule has 0 fully saturated rings. The number of primary amides is 1. The number of rotatable bonds is 2. The smallest absolute Gasteiger partial charge is 0.248 e. The Hall–Kier alpha value is -1.29. The average Bonchev–Trinajstić information content (AvgIpc) is 2.09. The van der Waals surface area contributed by atoms with E-state index in [0.717, 1.165) is 6.07 Å². The Morgan fingerprint density at radius 1 is 1.62 bits per heavy atom. The largest absolute Gasteiger partial charge is 0.494 e. The van der Waals surface area contributed by atoms with Crippen molar-refractivity contribution in [3.8, 4) is 5.75 Å². The number of halogens is 2. The lowest BCUT2D eigenvalue weighted by atomic mass is 10.2. The quantitative estimate of drug-likeness (QED) is 0.794. The Labute approximate surface area is 79.2 Å². The molecule has 0 saturated carbocycles. The van der Waals surface area contributed by atoms with Gasteiger partial charge in [-0.2, -0.15) is 0 Å². The van der Waals surface area contributed by atoms with Crippen LogP contribution in [-0.4, -0.2) is 13.0 Å². The van der Waals surface area contributed by atoms with E-state index in [-0.39, 0.29) is 16.3 Å². The van der Waals surface area contributed by atoms with E-state index in [2.05, 4.69) is 4.74 Å². The molecule has 0 aromatic heterocycles. The summed E-state index contributed by atoms with van der Waals surface area (Å²) in [6.45, 7) is 0. The SMILES string of the molecule is COc1cc(C(N)=O)cc(Cl)c1F. The molecule has 1 aromatic rings. The van der Waals surface area contributed by atoms with Crippen molar-refractivity contribution in [3.63, 3.8) is 0 Å². The Morgan fingerprint density at radius 3 is 2.69 bits per heavy atom. The minimum absolute atomic E-state index is 0.0960. The minimum Gasteiger partial charge on any atom is -0.494 e. The van der Waals surface area contributed by atoms with Gasteiger partial charge in [0.15, 0.2) is 11.6 Å². The van der Waals surface area contributed by atoms with Gasteiger partial charge in [-0.25, -0.2) is 4.39 Å². The van der Waals surface area contributed by atoms with Crippen LogP contribution < -0.4 is 10.5 Å². The van der Waals surface area contributed by atoms with Crippen LogP contribution in [0.1, 0.15) is 10.4 Å². The number of amides is 1. The van der Waals surface area contributed by atoms with E-state index in [1.54, 1.807) is 0 Å². The maximum atomic E-state index is 13.0. The summed E-state index contributed by atoms with van der Waals surface area (Å²) < 4.78 is 17.7. The molecular formula is C8H7ClFNO2. The molecule has 0 aliphatic heterocycles. The van der Waals surface area contributed by atoms with Crippen LogP contribution in [0.4, 0.5) is 4.39 Å². The van der Waals surface area contributed by atoms with E-state index in [4.69, 9.17) is 17.3 Å². The summed E-state index contributed by atoms with van der Waals surface area (Å²) in [5, 5.41) is -0.187. The predicted octanol–water partition coefficient (Wildman–Crippen LogP) is 1.59. The van der Waals surface area contributed by atoms with Crippen molar-refractivity contribution in [2.45, 2.75) is 0 Å². The number of benzene rings is 1. The van der Waals surface area contributed by atoms with Gasteiger partial charge in [0.25, 0.3) is 0 Å². The Kier molecular flexibility index (Phi) is 2.72. The molecule has 70 valence electrons. The summed E-state index contributed by atoms with van der Waals surface area (Å²) in [6, 6.07) is 2.35. The highest BCUT2D eigenvalue weighted by molar-refractivity contribution is 6.31. The lowest BCUT2D eigenvalue weighted by Crippen LogP contribution is -2.11. The van der Waals surface area contributed by atoms with Gasteiger partial charge in [0.2, 0.25) is 5.91 Å². The summed E-state index contributed by atoms with van der Waals surface area (Å²) in [6.07, 6.45) is 0.